The SMILES string of the molecule is C[C@@H](CCc1ccccc1)[C@H](O)C=CC1CC(F)(F)C(=O)N1CCCCCCC(=O)O. The van der Waals surface area contributed by atoms with E-state index in [1.54, 1.807) is 0 Å². The van der Waals surface area contributed by atoms with Gasteiger partial charge in [-0.15, -0.1) is 0 Å². The molecule has 1 heterocycles. The molecule has 0 radical (unpaired) electrons. The smallest absolute Gasteiger partial charge is 0.327 e. The van der Waals surface area contributed by atoms with Crippen LogP contribution in [0.5, 0.6) is 0 Å². The molecule has 2 N–H and O–H groups in total. The molecule has 1 aliphatic heterocycles. The maximum absolute atomic E-state index is 14.0. The number of amides is 1. The lowest BCUT2D eigenvalue weighted by Gasteiger charge is -2.22. The molecular weight excluding hydrogens is 404 g/mol. The summed E-state index contributed by atoms with van der Waals surface area (Å²) in [6.07, 6.45) is 5.83. The molecule has 1 aromatic rings. The highest BCUT2D eigenvalue weighted by atomic mass is 19.3. The van der Waals surface area contributed by atoms with Crippen molar-refractivity contribution in [3.8, 4) is 0 Å². The largest absolute Gasteiger partial charge is 0.481 e. The Labute approximate surface area is 182 Å². The first-order chi connectivity index (χ1) is 14.7. The first kappa shape index (κ1) is 25.0. The maximum Gasteiger partial charge on any atom is 0.327 e. The second kappa shape index (κ2) is 11.9. The van der Waals surface area contributed by atoms with Gasteiger partial charge < -0.3 is 15.1 Å². The van der Waals surface area contributed by atoms with Crippen LogP contribution in [0.3, 0.4) is 0 Å². The van der Waals surface area contributed by atoms with Crippen LogP contribution in [-0.2, 0) is 16.0 Å². The Morgan fingerprint density at radius 1 is 1.23 bits per heavy atom. The van der Waals surface area contributed by atoms with Crippen molar-refractivity contribution in [1.29, 1.82) is 0 Å². The van der Waals surface area contributed by atoms with E-state index in [4.69, 9.17) is 5.11 Å². The molecule has 5 nitrogen and oxygen atoms in total. The molecular formula is C24H33F2NO4. The zero-order valence-electron chi connectivity index (χ0n) is 18.1. The molecule has 172 valence electrons. The van der Waals surface area contributed by atoms with Crippen molar-refractivity contribution in [2.45, 2.75) is 76.4 Å². The second-order valence-electron chi connectivity index (χ2n) is 8.41. The van der Waals surface area contributed by atoms with Crippen LogP contribution in [0.1, 0.15) is 57.4 Å². The molecule has 0 spiro atoms. The van der Waals surface area contributed by atoms with Gasteiger partial charge in [-0.05, 0) is 37.2 Å². The van der Waals surface area contributed by atoms with E-state index in [0.29, 0.717) is 25.7 Å². The Hall–Kier alpha value is -2.28. The van der Waals surface area contributed by atoms with E-state index in [-0.39, 0.29) is 18.9 Å². The number of aliphatic carboxylic acids is 1. The number of carboxylic acid groups (broad SMARTS) is 1. The summed E-state index contributed by atoms with van der Waals surface area (Å²) in [7, 11) is 0. The third-order valence-corrected chi connectivity index (χ3v) is 5.82. The van der Waals surface area contributed by atoms with E-state index < -0.39 is 36.4 Å². The minimum Gasteiger partial charge on any atom is -0.481 e. The van der Waals surface area contributed by atoms with Gasteiger partial charge in [0.15, 0.2) is 0 Å². The van der Waals surface area contributed by atoms with Crippen molar-refractivity contribution >= 4 is 11.9 Å². The number of aliphatic hydroxyl groups is 1. The number of unbranched alkanes of at least 4 members (excludes halogenated alkanes) is 3. The van der Waals surface area contributed by atoms with Crippen molar-refractivity contribution < 1.29 is 28.6 Å². The molecule has 1 unspecified atom stereocenters. The Bertz CT molecular complexity index is 738. The molecule has 0 saturated carbocycles. The lowest BCUT2D eigenvalue weighted by molar-refractivity contribution is -0.148. The highest BCUT2D eigenvalue weighted by molar-refractivity contribution is 5.86. The molecule has 1 saturated heterocycles. The Morgan fingerprint density at radius 2 is 1.90 bits per heavy atom. The number of hydrogen-bond acceptors (Lipinski definition) is 3. The number of nitrogens with zero attached hydrogens (tertiary/aromatic N) is 1. The number of aliphatic hydroxyl groups excluding tert-OH is 1. The normalized spacial score (nSPS) is 20.3. The minimum absolute atomic E-state index is 0.0447. The monoisotopic (exact) mass is 437 g/mol. The van der Waals surface area contributed by atoms with Crippen LogP contribution in [0.4, 0.5) is 8.78 Å². The van der Waals surface area contributed by atoms with Gasteiger partial charge in [-0.3, -0.25) is 9.59 Å². The van der Waals surface area contributed by atoms with Gasteiger partial charge in [-0.1, -0.05) is 62.2 Å². The number of aryl methyl sites for hydroxylation is 1. The first-order valence-corrected chi connectivity index (χ1v) is 11.0. The molecule has 7 heteroatoms. The Morgan fingerprint density at radius 3 is 2.58 bits per heavy atom. The van der Waals surface area contributed by atoms with Crippen molar-refractivity contribution in [2.24, 2.45) is 5.92 Å². The van der Waals surface area contributed by atoms with E-state index in [9.17, 15) is 23.5 Å². The van der Waals surface area contributed by atoms with Gasteiger partial charge in [0.05, 0.1) is 12.1 Å². The van der Waals surface area contributed by atoms with Crippen LogP contribution in [0, 0.1) is 5.92 Å². The van der Waals surface area contributed by atoms with Crippen LogP contribution in [0.15, 0.2) is 42.5 Å². The molecule has 0 bridgehead atoms. The highest BCUT2D eigenvalue weighted by Crippen LogP contribution is 2.34. The molecule has 0 aliphatic carbocycles. The van der Waals surface area contributed by atoms with Gasteiger partial charge in [-0.2, -0.15) is 8.78 Å². The highest BCUT2D eigenvalue weighted by Gasteiger charge is 2.52. The van der Waals surface area contributed by atoms with Gasteiger partial charge in [-0.25, -0.2) is 0 Å². The molecule has 1 aliphatic rings. The number of alkyl halides is 2. The average molecular weight is 438 g/mol. The predicted octanol–water partition coefficient (Wildman–Crippen LogP) is 4.44. The fourth-order valence-electron chi connectivity index (χ4n) is 3.81. The fraction of sp³-hybridized carbons (Fsp3) is 0.583. The summed E-state index contributed by atoms with van der Waals surface area (Å²) in [5.41, 5.74) is 1.18. The summed E-state index contributed by atoms with van der Waals surface area (Å²) in [6, 6.07) is 9.20. The molecule has 2 rings (SSSR count). The summed E-state index contributed by atoms with van der Waals surface area (Å²) in [5.74, 6) is -5.45. The number of likely N-dealkylation sites (tertiary alicyclic amines) is 1. The third kappa shape index (κ3) is 8.05. The lowest BCUT2D eigenvalue weighted by atomic mass is 9.95. The quantitative estimate of drug-likeness (QED) is 0.353. The molecule has 1 aromatic carbocycles. The first-order valence-electron chi connectivity index (χ1n) is 11.0. The zero-order chi connectivity index (χ0) is 22.9. The summed E-state index contributed by atoms with van der Waals surface area (Å²) in [6.45, 7) is 2.12. The Balaban J connectivity index is 1.84. The summed E-state index contributed by atoms with van der Waals surface area (Å²) >= 11 is 0. The molecule has 0 aromatic heterocycles. The van der Waals surface area contributed by atoms with Crippen molar-refractivity contribution in [2.75, 3.05) is 6.54 Å². The van der Waals surface area contributed by atoms with Gasteiger partial charge in [0.2, 0.25) is 0 Å². The van der Waals surface area contributed by atoms with Gasteiger partial charge in [0, 0.05) is 19.4 Å². The number of rotatable bonds is 13. The van der Waals surface area contributed by atoms with Crippen molar-refractivity contribution in [3.63, 3.8) is 0 Å². The summed E-state index contributed by atoms with van der Waals surface area (Å²) in [4.78, 5) is 23.8. The predicted molar refractivity (Wildman–Crippen MR) is 115 cm³/mol. The van der Waals surface area contributed by atoms with E-state index in [0.717, 1.165) is 12.8 Å². The average Bonchev–Trinajstić information content (AvgIpc) is 2.95. The number of benzene rings is 1. The van der Waals surface area contributed by atoms with E-state index in [2.05, 4.69) is 0 Å². The fourth-order valence-corrected chi connectivity index (χ4v) is 3.81. The van der Waals surface area contributed by atoms with Crippen molar-refractivity contribution in [3.05, 3.63) is 48.0 Å². The van der Waals surface area contributed by atoms with Crippen LogP contribution >= 0.6 is 0 Å². The second-order valence-corrected chi connectivity index (χ2v) is 8.41. The number of hydrogen-bond donors (Lipinski definition) is 2. The number of halogens is 2. The Kier molecular flexibility index (Phi) is 9.62. The molecule has 1 fully saturated rings. The van der Waals surface area contributed by atoms with E-state index >= 15 is 0 Å². The van der Waals surface area contributed by atoms with Gasteiger partial charge in [0.25, 0.3) is 5.91 Å². The lowest BCUT2D eigenvalue weighted by Crippen LogP contribution is -2.36. The minimum atomic E-state index is -3.39. The number of carbonyl (C=O) groups excluding carboxylic acids is 1. The van der Waals surface area contributed by atoms with E-state index in [1.165, 1.54) is 22.6 Å². The standard InChI is InChI=1S/C24H33F2NO4/c1-18(12-13-19-9-5-4-6-10-19)21(28)15-14-20-17-24(25,26)23(31)27(20)16-8-3-2-7-11-22(29)30/h4-6,9-10,14-15,18,20-21,28H,2-3,7-8,11-13,16-17H2,1H3,(H,29,30)/t18-,20?,21+/m0/s1. The van der Waals surface area contributed by atoms with Gasteiger partial charge in [0.1, 0.15) is 0 Å². The number of carboxylic acids is 1. The van der Waals surface area contributed by atoms with Crippen LogP contribution < -0.4 is 0 Å². The zero-order valence-corrected chi connectivity index (χ0v) is 18.1. The van der Waals surface area contributed by atoms with Crippen molar-refractivity contribution in [1.82, 2.24) is 4.90 Å². The summed E-state index contributed by atoms with van der Waals surface area (Å²) in [5, 5.41) is 19.1. The number of carbonyl (C=O) groups is 2. The van der Waals surface area contributed by atoms with Crippen LogP contribution in [-0.4, -0.2) is 51.6 Å². The van der Waals surface area contributed by atoms with Crippen LogP contribution in [0.25, 0.3) is 0 Å². The molecule has 3 atom stereocenters. The van der Waals surface area contributed by atoms with Gasteiger partial charge >= 0.3 is 11.9 Å². The maximum atomic E-state index is 14.0. The summed E-state index contributed by atoms with van der Waals surface area (Å²) < 4.78 is 28.0. The van der Waals surface area contributed by atoms with E-state index in [1.807, 2.05) is 37.3 Å². The van der Waals surface area contributed by atoms with Crippen LogP contribution in [0.2, 0.25) is 0 Å². The third-order valence-electron chi connectivity index (χ3n) is 5.82. The molecule has 31 heavy (non-hydrogen) atoms. The topological polar surface area (TPSA) is 77.8 Å². The molecule has 1 amide bonds.